The quantitative estimate of drug-likeness (QED) is 0.672. The third-order valence-corrected chi connectivity index (χ3v) is 10.7. The topological polar surface area (TPSA) is 40.5 Å². The predicted molar refractivity (Wildman–Crippen MR) is 116 cm³/mol. The Balaban J connectivity index is 1.30. The van der Waals surface area contributed by atoms with Crippen LogP contribution in [0.25, 0.3) is 0 Å². The molecule has 5 fully saturated rings. The minimum atomic E-state index is -0.409. The van der Waals surface area contributed by atoms with E-state index in [0.29, 0.717) is 23.3 Å². The average Bonchev–Trinajstić information content (AvgIpc) is 3.00. The fourth-order valence-electron chi connectivity index (χ4n) is 9.10. The van der Waals surface area contributed by atoms with Gasteiger partial charge in [-0.25, -0.2) is 0 Å². The van der Waals surface area contributed by atoms with Crippen molar-refractivity contribution in [2.75, 3.05) is 6.54 Å². The summed E-state index contributed by atoms with van der Waals surface area (Å²) >= 11 is 0. The minimum Gasteiger partial charge on any atom is -0.390 e. The van der Waals surface area contributed by atoms with E-state index in [4.69, 9.17) is 0 Å². The molecule has 1 amide bonds. The Morgan fingerprint density at radius 2 is 1.76 bits per heavy atom. The van der Waals surface area contributed by atoms with Gasteiger partial charge >= 0.3 is 0 Å². The first-order valence-electron chi connectivity index (χ1n) is 12.8. The molecular formula is C26H43NO2. The zero-order valence-corrected chi connectivity index (χ0v) is 19.0. The zero-order valence-electron chi connectivity index (χ0n) is 19.0. The van der Waals surface area contributed by atoms with E-state index in [1.54, 1.807) is 0 Å². The third kappa shape index (κ3) is 3.38. The predicted octanol–water partition coefficient (Wildman–Crippen LogP) is 5.41. The van der Waals surface area contributed by atoms with E-state index >= 15 is 0 Å². The van der Waals surface area contributed by atoms with Gasteiger partial charge in [-0.15, -0.1) is 0 Å². The summed E-state index contributed by atoms with van der Waals surface area (Å²) in [4.78, 5) is 14.9. The van der Waals surface area contributed by atoms with Crippen molar-refractivity contribution in [1.82, 2.24) is 4.90 Å². The van der Waals surface area contributed by atoms with Crippen molar-refractivity contribution in [3.63, 3.8) is 0 Å². The van der Waals surface area contributed by atoms with E-state index in [2.05, 4.69) is 25.7 Å². The molecule has 164 valence electrons. The van der Waals surface area contributed by atoms with Gasteiger partial charge in [-0.2, -0.15) is 0 Å². The summed E-state index contributed by atoms with van der Waals surface area (Å²) in [5, 5.41) is 10.6. The highest BCUT2D eigenvalue weighted by Crippen LogP contribution is 2.64. The second kappa shape index (κ2) is 7.24. The van der Waals surface area contributed by atoms with E-state index in [1.807, 2.05) is 0 Å². The molecule has 29 heavy (non-hydrogen) atoms. The first-order valence-corrected chi connectivity index (χ1v) is 12.8. The zero-order chi connectivity index (χ0) is 20.4. The highest BCUT2D eigenvalue weighted by molar-refractivity contribution is 5.77. The van der Waals surface area contributed by atoms with Crippen molar-refractivity contribution in [3.05, 3.63) is 0 Å². The van der Waals surface area contributed by atoms with Gasteiger partial charge in [0.25, 0.3) is 0 Å². The summed E-state index contributed by atoms with van der Waals surface area (Å²) in [5.41, 5.74) is 0.0406. The van der Waals surface area contributed by atoms with Crippen LogP contribution in [0.15, 0.2) is 0 Å². The van der Waals surface area contributed by atoms with Gasteiger partial charge in [-0.05, 0) is 125 Å². The number of amides is 1. The van der Waals surface area contributed by atoms with Crippen LogP contribution in [0.3, 0.4) is 0 Å². The van der Waals surface area contributed by atoms with Gasteiger partial charge in [-0.1, -0.05) is 6.92 Å². The van der Waals surface area contributed by atoms with E-state index in [-0.39, 0.29) is 0 Å². The molecule has 4 saturated carbocycles. The van der Waals surface area contributed by atoms with Crippen LogP contribution in [0.1, 0.15) is 97.8 Å². The number of nitrogens with zero attached hydrogens (tertiary/aromatic N) is 1. The van der Waals surface area contributed by atoms with Crippen molar-refractivity contribution >= 4 is 5.91 Å². The molecule has 0 bridgehead atoms. The summed E-state index contributed by atoms with van der Waals surface area (Å²) in [5.74, 6) is 5.48. The maximum absolute atomic E-state index is 12.6. The molecule has 0 spiro atoms. The molecule has 0 aromatic heterocycles. The van der Waals surface area contributed by atoms with Gasteiger partial charge in [0.15, 0.2) is 0 Å². The number of piperidine rings is 1. The Labute approximate surface area is 178 Å². The standard InChI is InChI=1S/C26H43NO2/c1-17-5-4-6-24(28)27(17)16-19-8-10-23-22-9-7-18-15-25(2,29)13-11-20(18)21(22)12-14-26(19,23)3/h17-23,29H,4-16H2,1-3H3/t17-,18-,19-,20+,21-,22-,23+,25-,26-/m1/s1. The Hall–Kier alpha value is -0.570. The van der Waals surface area contributed by atoms with Crippen molar-refractivity contribution in [1.29, 1.82) is 0 Å². The fraction of sp³-hybridized carbons (Fsp3) is 0.962. The van der Waals surface area contributed by atoms with Crippen molar-refractivity contribution < 1.29 is 9.90 Å². The first-order chi connectivity index (χ1) is 13.8. The van der Waals surface area contributed by atoms with Gasteiger partial charge in [0.05, 0.1) is 5.60 Å². The lowest BCUT2D eigenvalue weighted by atomic mass is 9.49. The fourth-order valence-corrected chi connectivity index (χ4v) is 9.10. The largest absolute Gasteiger partial charge is 0.390 e. The molecule has 5 aliphatic rings. The molecular weight excluding hydrogens is 358 g/mol. The molecule has 9 atom stereocenters. The molecule has 0 aromatic carbocycles. The smallest absolute Gasteiger partial charge is 0.222 e. The van der Waals surface area contributed by atoms with Crippen LogP contribution in [0.5, 0.6) is 0 Å². The molecule has 3 nitrogen and oxygen atoms in total. The molecule has 1 aliphatic heterocycles. The Bertz CT molecular complexity index is 645. The lowest BCUT2D eigenvalue weighted by Crippen LogP contribution is -2.52. The van der Waals surface area contributed by atoms with E-state index in [9.17, 15) is 9.90 Å². The highest BCUT2D eigenvalue weighted by atomic mass is 16.3. The lowest BCUT2D eigenvalue weighted by molar-refractivity contribution is -0.138. The van der Waals surface area contributed by atoms with Crippen LogP contribution in [0, 0.1) is 40.9 Å². The third-order valence-electron chi connectivity index (χ3n) is 10.7. The van der Waals surface area contributed by atoms with Crippen molar-refractivity contribution in [2.45, 2.75) is 109 Å². The SMILES string of the molecule is C[C@@H]1CCCC(=O)N1C[C@H]1CC[C@H]2[C@@H]3CC[C@@H]4C[C@](C)(O)CC[C@@H]4[C@H]3CC[C@]12C. The van der Waals surface area contributed by atoms with Gasteiger partial charge in [-0.3, -0.25) is 4.79 Å². The van der Waals surface area contributed by atoms with E-state index in [0.717, 1.165) is 61.8 Å². The molecule has 0 radical (unpaired) electrons. The molecule has 0 unspecified atom stereocenters. The summed E-state index contributed by atoms with van der Waals surface area (Å²) in [7, 11) is 0. The van der Waals surface area contributed by atoms with Crippen LogP contribution in [-0.4, -0.2) is 34.1 Å². The number of carbonyl (C=O) groups is 1. The number of aliphatic hydroxyl groups is 1. The number of rotatable bonds is 2. The highest BCUT2D eigenvalue weighted by Gasteiger charge is 2.57. The maximum atomic E-state index is 12.6. The van der Waals surface area contributed by atoms with Crippen LogP contribution in [0.4, 0.5) is 0 Å². The Morgan fingerprint density at radius 1 is 0.966 bits per heavy atom. The maximum Gasteiger partial charge on any atom is 0.222 e. The summed E-state index contributed by atoms with van der Waals surface area (Å²) in [6.07, 6.45) is 14.6. The van der Waals surface area contributed by atoms with E-state index in [1.165, 1.54) is 51.4 Å². The van der Waals surface area contributed by atoms with Gasteiger partial charge in [0, 0.05) is 19.0 Å². The monoisotopic (exact) mass is 401 g/mol. The molecule has 5 rings (SSSR count). The number of fused-ring (bicyclic) bond motifs is 5. The minimum absolute atomic E-state index is 0.409. The van der Waals surface area contributed by atoms with Crippen LogP contribution >= 0.6 is 0 Å². The molecule has 1 N–H and O–H groups in total. The molecule has 3 heteroatoms. The summed E-state index contributed by atoms with van der Waals surface area (Å²) in [6.45, 7) is 7.96. The Kier molecular flexibility index (Phi) is 5.08. The normalized spacial score (nSPS) is 52.6. The number of likely N-dealkylation sites (tertiary alicyclic amines) is 1. The summed E-state index contributed by atoms with van der Waals surface area (Å²) in [6, 6.07) is 0.445. The number of carbonyl (C=O) groups excluding carboxylic acids is 1. The van der Waals surface area contributed by atoms with Crippen LogP contribution in [0.2, 0.25) is 0 Å². The van der Waals surface area contributed by atoms with E-state index < -0.39 is 5.60 Å². The molecule has 0 aromatic rings. The van der Waals surface area contributed by atoms with Gasteiger partial charge in [0.1, 0.15) is 0 Å². The molecule has 1 saturated heterocycles. The summed E-state index contributed by atoms with van der Waals surface area (Å²) < 4.78 is 0. The molecule has 4 aliphatic carbocycles. The van der Waals surface area contributed by atoms with Crippen LogP contribution < -0.4 is 0 Å². The van der Waals surface area contributed by atoms with Crippen molar-refractivity contribution in [2.24, 2.45) is 40.9 Å². The number of hydrogen-bond acceptors (Lipinski definition) is 2. The number of hydrogen-bond donors (Lipinski definition) is 1. The van der Waals surface area contributed by atoms with Gasteiger partial charge in [0.2, 0.25) is 5.91 Å². The van der Waals surface area contributed by atoms with Crippen molar-refractivity contribution in [3.8, 4) is 0 Å². The lowest BCUT2D eigenvalue weighted by Gasteiger charge is -2.57. The second-order valence-corrected chi connectivity index (χ2v) is 12.3. The molecule has 1 heterocycles. The van der Waals surface area contributed by atoms with Gasteiger partial charge < -0.3 is 10.0 Å². The second-order valence-electron chi connectivity index (χ2n) is 12.3. The Morgan fingerprint density at radius 3 is 2.55 bits per heavy atom. The first kappa shape index (κ1) is 20.3. The average molecular weight is 402 g/mol. The van der Waals surface area contributed by atoms with Crippen LogP contribution in [-0.2, 0) is 4.79 Å².